The molecule has 0 bridgehead atoms. The molecular formula is C23H26N4O2S. The van der Waals surface area contributed by atoms with Crippen LogP contribution in [-0.2, 0) is 16.1 Å². The fourth-order valence-corrected chi connectivity index (χ4v) is 4.87. The highest BCUT2D eigenvalue weighted by atomic mass is 32.1. The van der Waals surface area contributed by atoms with E-state index in [1.54, 1.807) is 23.9 Å². The van der Waals surface area contributed by atoms with Crippen LogP contribution in [0, 0.1) is 12.8 Å². The number of hydrogen-bond acceptors (Lipinski definition) is 4. The number of aryl methyl sites for hydroxylation is 2. The molecule has 2 aromatic heterocycles. The van der Waals surface area contributed by atoms with E-state index in [-0.39, 0.29) is 23.8 Å². The van der Waals surface area contributed by atoms with Crippen LogP contribution in [0.25, 0.3) is 0 Å². The van der Waals surface area contributed by atoms with E-state index >= 15 is 0 Å². The monoisotopic (exact) mass is 422 g/mol. The van der Waals surface area contributed by atoms with Gasteiger partial charge < -0.3 is 14.8 Å². The van der Waals surface area contributed by atoms with Gasteiger partial charge in [-0.3, -0.25) is 9.59 Å². The molecular weight excluding hydrogens is 396 g/mol. The topological polar surface area (TPSA) is 67.2 Å². The van der Waals surface area contributed by atoms with Gasteiger partial charge in [0.15, 0.2) is 0 Å². The van der Waals surface area contributed by atoms with Crippen molar-refractivity contribution in [3.8, 4) is 0 Å². The zero-order valence-corrected chi connectivity index (χ0v) is 17.8. The minimum atomic E-state index is -0.275. The predicted octanol–water partition coefficient (Wildman–Crippen LogP) is 3.94. The van der Waals surface area contributed by atoms with Crippen LogP contribution >= 0.6 is 11.3 Å². The zero-order valence-electron chi connectivity index (χ0n) is 17.0. The molecule has 1 aromatic carbocycles. The second-order valence-corrected chi connectivity index (χ2v) is 8.63. The van der Waals surface area contributed by atoms with E-state index in [0.29, 0.717) is 19.4 Å². The van der Waals surface area contributed by atoms with Crippen LogP contribution in [0.1, 0.15) is 35.7 Å². The molecule has 2 unspecified atom stereocenters. The number of nitrogens with zero attached hydrogens (tertiary/aromatic N) is 3. The van der Waals surface area contributed by atoms with Gasteiger partial charge in [0.25, 0.3) is 0 Å². The molecule has 3 aromatic rings. The van der Waals surface area contributed by atoms with Crippen molar-refractivity contribution in [3.63, 3.8) is 0 Å². The molecule has 2 atom stereocenters. The molecule has 0 aliphatic carbocycles. The summed E-state index contributed by atoms with van der Waals surface area (Å²) < 4.78 is 2.00. The lowest BCUT2D eigenvalue weighted by Gasteiger charge is -2.40. The molecule has 2 amide bonds. The Labute approximate surface area is 180 Å². The molecule has 1 saturated heterocycles. The van der Waals surface area contributed by atoms with E-state index in [1.165, 1.54) is 0 Å². The lowest BCUT2D eigenvalue weighted by molar-refractivity contribution is -0.129. The van der Waals surface area contributed by atoms with Gasteiger partial charge in [-0.15, -0.1) is 11.3 Å². The summed E-state index contributed by atoms with van der Waals surface area (Å²) in [6, 6.07) is 11.7. The average Bonchev–Trinajstić information content (AvgIpc) is 3.46. The van der Waals surface area contributed by atoms with Gasteiger partial charge >= 0.3 is 0 Å². The highest BCUT2D eigenvalue weighted by Crippen LogP contribution is 2.41. The second-order valence-electron chi connectivity index (χ2n) is 7.65. The third-order valence-corrected chi connectivity index (χ3v) is 6.48. The molecule has 1 N–H and O–H groups in total. The number of carbonyl (C=O) groups is 2. The predicted molar refractivity (Wildman–Crippen MR) is 118 cm³/mol. The Bertz CT molecular complexity index is 967. The summed E-state index contributed by atoms with van der Waals surface area (Å²) in [7, 11) is 0. The Morgan fingerprint density at radius 3 is 2.80 bits per heavy atom. The van der Waals surface area contributed by atoms with Gasteiger partial charge in [0, 0.05) is 42.5 Å². The lowest BCUT2D eigenvalue weighted by atomic mass is 9.86. The number of thiophene rings is 1. The summed E-state index contributed by atoms with van der Waals surface area (Å²) in [5.74, 6) is -0.180. The van der Waals surface area contributed by atoms with Crippen molar-refractivity contribution in [3.05, 3.63) is 70.9 Å². The molecule has 0 saturated carbocycles. The molecule has 1 aliphatic heterocycles. The first-order valence-corrected chi connectivity index (χ1v) is 11.2. The first kappa shape index (κ1) is 20.3. The fourth-order valence-electron chi connectivity index (χ4n) is 3.99. The number of carbonyl (C=O) groups excluding carboxylic acids is 2. The van der Waals surface area contributed by atoms with Gasteiger partial charge in [-0.1, -0.05) is 23.8 Å². The van der Waals surface area contributed by atoms with Crippen LogP contribution in [0.4, 0.5) is 5.69 Å². The van der Waals surface area contributed by atoms with Crippen molar-refractivity contribution in [1.29, 1.82) is 0 Å². The number of nitrogens with one attached hydrogen (secondary N) is 1. The standard InChI is InChI=1S/C23H26N4O2S/c1-17-5-7-18(8-6-17)27-21(28)10-9-19(22(27)20-4-2-15-30-20)23(29)25-11-3-13-26-14-12-24-16-26/h2,4-8,12,14-16,19,22H,3,9-11,13H2,1H3,(H,25,29). The Morgan fingerprint density at radius 1 is 1.27 bits per heavy atom. The fraction of sp³-hybridized carbons (Fsp3) is 0.348. The van der Waals surface area contributed by atoms with Crippen molar-refractivity contribution in [2.75, 3.05) is 11.4 Å². The van der Waals surface area contributed by atoms with Crippen LogP contribution in [0.15, 0.2) is 60.5 Å². The number of piperidine rings is 1. The van der Waals surface area contributed by atoms with Gasteiger partial charge in [0.2, 0.25) is 11.8 Å². The molecule has 0 radical (unpaired) electrons. The van der Waals surface area contributed by atoms with Crippen LogP contribution in [0.5, 0.6) is 0 Å². The first-order valence-electron chi connectivity index (χ1n) is 10.3. The molecule has 4 rings (SSSR count). The molecule has 0 spiro atoms. The molecule has 6 nitrogen and oxygen atoms in total. The quantitative estimate of drug-likeness (QED) is 0.587. The van der Waals surface area contributed by atoms with E-state index in [0.717, 1.165) is 29.1 Å². The van der Waals surface area contributed by atoms with Crippen LogP contribution < -0.4 is 10.2 Å². The smallest absolute Gasteiger partial charge is 0.227 e. The van der Waals surface area contributed by atoms with Crippen LogP contribution in [0.2, 0.25) is 0 Å². The number of amides is 2. The summed E-state index contributed by atoms with van der Waals surface area (Å²) in [5, 5.41) is 5.10. The van der Waals surface area contributed by atoms with E-state index < -0.39 is 0 Å². The Hall–Kier alpha value is -2.93. The third-order valence-electron chi connectivity index (χ3n) is 5.53. The molecule has 7 heteroatoms. The molecule has 1 aliphatic rings. The molecule has 1 fully saturated rings. The number of rotatable bonds is 7. The van der Waals surface area contributed by atoms with Gasteiger partial charge in [0.1, 0.15) is 0 Å². The van der Waals surface area contributed by atoms with Crippen molar-refractivity contribution < 1.29 is 9.59 Å². The van der Waals surface area contributed by atoms with Crippen LogP contribution in [0.3, 0.4) is 0 Å². The summed E-state index contributed by atoms with van der Waals surface area (Å²) in [5.41, 5.74) is 1.99. The maximum Gasteiger partial charge on any atom is 0.227 e. The lowest BCUT2D eigenvalue weighted by Crippen LogP contribution is -2.48. The van der Waals surface area contributed by atoms with Gasteiger partial charge in [-0.25, -0.2) is 4.98 Å². The van der Waals surface area contributed by atoms with Crippen molar-refractivity contribution in [1.82, 2.24) is 14.9 Å². The normalized spacial score (nSPS) is 19.1. The highest BCUT2D eigenvalue weighted by Gasteiger charge is 2.41. The van der Waals surface area contributed by atoms with E-state index in [2.05, 4.69) is 10.3 Å². The van der Waals surface area contributed by atoms with Gasteiger partial charge in [-0.05, 0) is 43.3 Å². The molecule has 156 valence electrons. The van der Waals surface area contributed by atoms with Gasteiger partial charge in [-0.2, -0.15) is 0 Å². The van der Waals surface area contributed by atoms with Crippen LogP contribution in [-0.4, -0.2) is 27.9 Å². The largest absolute Gasteiger partial charge is 0.356 e. The minimum Gasteiger partial charge on any atom is -0.356 e. The Morgan fingerprint density at radius 2 is 2.10 bits per heavy atom. The maximum atomic E-state index is 13.1. The number of anilines is 1. The van der Waals surface area contributed by atoms with E-state index in [9.17, 15) is 9.59 Å². The summed E-state index contributed by atoms with van der Waals surface area (Å²) >= 11 is 1.60. The van der Waals surface area contributed by atoms with Gasteiger partial charge in [0.05, 0.1) is 18.3 Å². The summed E-state index contributed by atoms with van der Waals surface area (Å²) in [4.78, 5) is 33.0. The highest BCUT2D eigenvalue weighted by molar-refractivity contribution is 7.10. The summed E-state index contributed by atoms with van der Waals surface area (Å²) in [6.45, 7) is 3.44. The zero-order chi connectivity index (χ0) is 20.9. The van der Waals surface area contributed by atoms with Crippen molar-refractivity contribution >= 4 is 28.8 Å². The SMILES string of the molecule is Cc1ccc(N2C(=O)CCC(C(=O)NCCCn3ccnc3)C2c2cccs2)cc1. The Kier molecular flexibility index (Phi) is 6.28. The molecule has 30 heavy (non-hydrogen) atoms. The van der Waals surface area contributed by atoms with E-state index in [4.69, 9.17) is 0 Å². The second kappa shape index (κ2) is 9.26. The van der Waals surface area contributed by atoms with Crippen molar-refractivity contribution in [2.45, 2.75) is 38.8 Å². The first-order chi connectivity index (χ1) is 14.6. The minimum absolute atomic E-state index is 0.0173. The number of imidazole rings is 1. The Balaban J connectivity index is 1.51. The number of benzene rings is 1. The molecule has 3 heterocycles. The van der Waals surface area contributed by atoms with Crippen molar-refractivity contribution in [2.24, 2.45) is 5.92 Å². The average molecular weight is 423 g/mol. The maximum absolute atomic E-state index is 13.1. The third kappa shape index (κ3) is 4.46. The summed E-state index contributed by atoms with van der Waals surface area (Å²) in [6.07, 6.45) is 7.23. The van der Waals surface area contributed by atoms with E-state index in [1.807, 2.05) is 64.4 Å². The number of hydrogen-bond donors (Lipinski definition) is 1. The number of aromatic nitrogens is 2.